The largest absolute Gasteiger partial charge is 0.478 e. The van der Waals surface area contributed by atoms with E-state index in [0.29, 0.717) is 12.1 Å². The van der Waals surface area contributed by atoms with Gasteiger partial charge in [-0.1, -0.05) is 106 Å². The molecule has 0 fully saturated rings. The van der Waals surface area contributed by atoms with Crippen LogP contribution in [0.1, 0.15) is 74.0 Å². The molecule has 2 N–H and O–H groups in total. The number of nitrogens with zero attached hydrogens (tertiary/aromatic N) is 2. The van der Waals surface area contributed by atoms with Crippen LogP contribution in [0.25, 0.3) is 0 Å². The highest BCUT2D eigenvalue weighted by Crippen LogP contribution is 2.48. The highest BCUT2D eigenvalue weighted by atomic mass is 79.9. The van der Waals surface area contributed by atoms with Crippen molar-refractivity contribution in [2.75, 3.05) is 4.90 Å². The highest BCUT2D eigenvalue weighted by Gasteiger charge is 2.43. The number of nitrogens with one attached hydrogen (secondary N) is 1. The van der Waals surface area contributed by atoms with Gasteiger partial charge in [0.05, 0.1) is 11.0 Å². The highest BCUT2D eigenvalue weighted by molar-refractivity contribution is 9.11. The van der Waals surface area contributed by atoms with Crippen LogP contribution in [0.2, 0.25) is 0 Å². The van der Waals surface area contributed by atoms with Crippen molar-refractivity contribution in [2.24, 2.45) is 0 Å². The Morgan fingerprint density at radius 2 is 1.65 bits per heavy atom. The number of aromatic carboxylic acids is 1. The number of para-hydroxylation sites is 2. The van der Waals surface area contributed by atoms with Crippen LogP contribution in [-0.2, 0) is 17.4 Å². The summed E-state index contributed by atoms with van der Waals surface area (Å²) < 4.78 is 2.27. The van der Waals surface area contributed by atoms with Crippen LogP contribution in [0, 0.1) is 0 Å². The van der Waals surface area contributed by atoms with Gasteiger partial charge in [-0.3, -0.25) is 0 Å². The second-order valence-corrected chi connectivity index (χ2v) is 14.7. The maximum absolute atomic E-state index is 11.7. The van der Waals surface area contributed by atoms with Gasteiger partial charge in [0.15, 0.2) is 11.9 Å². The Morgan fingerprint density at radius 1 is 0.898 bits per heavy atom. The van der Waals surface area contributed by atoms with E-state index in [4.69, 9.17) is 0 Å². The molecule has 0 saturated carbocycles. The third kappa shape index (κ3) is 6.71. The molecule has 0 saturated heterocycles. The van der Waals surface area contributed by atoms with Crippen molar-refractivity contribution in [1.82, 2.24) is 5.32 Å². The van der Waals surface area contributed by atoms with Gasteiger partial charge in [0, 0.05) is 57.9 Å². The minimum absolute atomic E-state index is 0.182. The minimum Gasteiger partial charge on any atom is -0.478 e. The smallest absolute Gasteiger partial charge is 0.335 e. The lowest BCUT2D eigenvalue weighted by atomic mass is 9.81. The third-order valence-corrected chi connectivity index (χ3v) is 10.4. The number of carboxylic acid groups (broad SMARTS) is 1. The summed E-state index contributed by atoms with van der Waals surface area (Å²) in [6.07, 6.45) is 16.2. The van der Waals surface area contributed by atoms with E-state index < -0.39 is 5.97 Å². The molecule has 0 amide bonds. The summed E-state index contributed by atoms with van der Waals surface area (Å²) in [5, 5.41) is 13.4. The zero-order chi connectivity index (χ0) is 34.8. The second-order valence-electron chi connectivity index (χ2n) is 13.6. The number of anilines is 1. The van der Waals surface area contributed by atoms with Gasteiger partial charge < -0.3 is 15.3 Å². The summed E-state index contributed by atoms with van der Waals surface area (Å²) in [5.41, 5.74) is 11.8. The molecule has 7 heteroatoms. The summed E-state index contributed by atoms with van der Waals surface area (Å²) >= 11 is 7.03. The van der Waals surface area contributed by atoms with Crippen LogP contribution >= 0.6 is 31.9 Å². The number of carbonyl (C=O) groups is 1. The molecular weight excluding hydrogens is 738 g/mol. The normalized spacial score (nSPS) is 20.0. The zero-order valence-electron chi connectivity index (χ0n) is 28.4. The van der Waals surface area contributed by atoms with Crippen LogP contribution in [0.4, 0.5) is 11.4 Å². The van der Waals surface area contributed by atoms with Crippen molar-refractivity contribution in [2.45, 2.75) is 64.3 Å². The van der Waals surface area contributed by atoms with E-state index in [1.165, 1.54) is 45.1 Å². The van der Waals surface area contributed by atoms with Crippen LogP contribution in [0.3, 0.4) is 0 Å². The number of hydrogen-bond donors (Lipinski definition) is 2. The maximum atomic E-state index is 11.7. The molecule has 0 unspecified atom stereocenters. The molecule has 0 aromatic heterocycles. The number of fused-ring (bicyclic) bond motifs is 2. The quantitative estimate of drug-likeness (QED) is 0.212. The maximum Gasteiger partial charge on any atom is 0.335 e. The van der Waals surface area contributed by atoms with E-state index in [9.17, 15) is 9.90 Å². The Bertz CT molecular complexity index is 2010. The summed E-state index contributed by atoms with van der Waals surface area (Å²) in [6.45, 7) is 9.64. The molecule has 3 aromatic carbocycles. The molecule has 3 aromatic rings. The molecule has 250 valence electrons. The first kappa shape index (κ1) is 34.7. The van der Waals surface area contributed by atoms with E-state index in [1.54, 1.807) is 12.1 Å². The number of allylic oxidation sites excluding steroid dienone is 7. The van der Waals surface area contributed by atoms with Gasteiger partial charge in [-0.25, -0.2) is 4.79 Å². The average Bonchev–Trinajstić information content (AvgIpc) is 3.44. The summed E-state index contributed by atoms with van der Waals surface area (Å²) in [7, 11) is 0. The molecule has 49 heavy (non-hydrogen) atoms. The van der Waals surface area contributed by atoms with Crippen LogP contribution < -0.4 is 10.2 Å². The Balaban J connectivity index is 1.44. The molecule has 0 spiro atoms. The number of rotatable bonds is 9. The molecule has 6 rings (SSSR count). The van der Waals surface area contributed by atoms with Gasteiger partial charge in [0.1, 0.15) is 0 Å². The zero-order valence-corrected chi connectivity index (χ0v) is 31.6. The number of halogens is 2. The summed E-state index contributed by atoms with van der Waals surface area (Å²) in [4.78, 5) is 17.8. The standard InChI is InChI=1S/C42H41Br2N3O2/c1-41(2)33-15-5-7-17-35(33)46(25-23-43)37(41)21-19-30-12-10-13-31(39(30)45-28-29-11-9-14-32(27-29)40(48)49)20-22-38-42(3,4)34-16-6-8-18-36(34)47(38)26-24-44/h5-9,11,14-27H,10,12-13,28H2,1-4H3,(H,48,49)/p+1/b25-23+,26-24+,30-19+,37-21+. The summed E-state index contributed by atoms with van der Waals surface area (Å²) in [6, 6.07) is 24.4. The summed E-state index contributed by atoms with van der Waals surface area (Å²) in [5.74, 6) is -0.920. The SMILES string of the molecule is CC1(C)C(/C=C/C2=C(NCc3cccc(C(=O)O)c3)C(=C/C=C3/N(/C=C/Br)c4ccccc4C3(C)C)/CCC2)=[N+](/C=C/Br)c2ccccc21. The van der Waals surface area contributed by atoms with Crippen LogP contribution in [0.5, 0.6) is 0 Å². The number of carboxylic acids is 1. The van der Waals surface area contributed by atoms with Crippen LogP contribution in [-0.4, -0.2) is 21.4 Å². The minimum atomic E-state index is -0.920. The van der Waals surface area contributed by atoms with E-state index in [2.05, 4.69) is 160 Å². The first-order valence-corrected chi connectivity index (χ1v) is 18.5. The van der Waals surface area contributed by atoms with Crippen molar-refractivity contribution in [1.29, 1.82) is 0 Å². The van der Waals surface area contributed by atoms with E-state index in [0.717, 1.165) is 30.5 Å². The van der Waals surface area contributed by atoms with Gasteiger partial charge in [-0.05, 0) is 84.6 Å². The van der Waals surface area contributed by atoms with Gasteiger partial charge >= 0.3 is 5.97 Å². The second kappa shape index (κ2) is 14.3. The molecule has 0 bridgehead atoms. The van der Waals surface area contributed by atoms with Crippen molar-refractivity contribution in [3.05, 3.63) is 164 Å². The van der Waals surface area contributed by atoms with Gasteiger partial charge in [0.25, 0.3) is 0 Å². The van der Waals surface area contributed by atoms with Crippen LogP contribution in [0.15, 0.2) is 142 Å². The number of hydrogen-bond acceptors (Lipinski definition) is 3. The Hall–Kier alpha value is -4.20. The monoisotopic (exact) mass is 778 g/mol. The van der Waals surface area contributed by atoms with Gasteiger partial charge in [-0.15, -0.1) is 0 Å². The lowest BCUT2D eigenvalue weighted by Crippen LogP contribution is -2.26. The molecule has 1 aliphatic carbocycles. The Labute approximate surface area is 306 Å². The van der Waals surface area contributed by atoms with Crippen molar-refractivity contribution >= 4 is 54.9 Å². The molecular formula is C42H42Br2N3O2+. The molecule has 2 aliphatic heterocycles. The lowest BCUT2D eigenvalue weighted by molar-refractivity contribution is -0.356. The molecule has 2 heterocycles. The van der Waals surface area contributed by atoms with E-state index in [1.807, 2.05) is 22.1 Å². The predicted molar refractivity (Wildman–Crippen MR) is 209 cm³/mol. The molecule has 0 radical (unpaired) electrons. The van der Waals surface area contributed by atoms with Crippen molar-refractivity contribution in [3.63, 3.8) is 0 Å². The predicted octanol–water partition coefficient (Wildman–Crippen LogP) is 10.9. The third-order valence-electron chi connectivity index (χ3n) is 9.95. The van der Waals surface area contributed by atoms with Gasteiger partial charge in [-0.2, -0.15) is 4.58 Å². The average molecular weight is 781 g/mol. The lowest BCUT2D eigenvalue weighted by Gasteiger charge is -2.26. The number of benzene rings is 3. The molecule has 5 nitrogen and oxygen atoms in total. The Kier molecular flexibility index (Phi) is 10.1. The van der Waals surface area contributed by atoms with Crippen molar-refractivity contribution < 1.29 is 14.5 Å². The Morgan fingerprint density at radius 3 is 2.41 bits per heavy atom. The molecule has 3 aliphatic rings. The molecule has 0 atom stereocenters. The topological polar surface area (TPSA) is 55.6 Å². The van der Waals surface area contributed by atoms with E-state index in [-0.39, 0.29) is 10.8 Å². The van der Waals surface area contributed by atoms with Crippen molar-refractivity contribution in [3.8, 4) is 0 Å². The van der Waals surface area contributed by atoms with Gasteiger partial charge in [0.2, 0.25) is 5.69 Å². The fraction of sp³-hybridized carbons (Fsp3) is 0.238. The fourth-order valence-corrected chi connectivity index (χ4v) is 7.90. The fourth-order valence-electron chi connectivity index (χ4n) is 7.42. The first-order chi connectivity index (χ1) is 23.6. The van der Waals surface area contributed by atoms with E-state index >= 15 is 0 Å². The first-order valence-electron chi connectivity index (χ1n) is 16.7.